The lowest BCUT2D eigenvalue weighted by Gasteiger charge is -2.42. The summed E-state index contributed by atoms with van der Waals surface area (Å²) in [5, 5.41) is 0.0520. The molecule has 0 unspecified atom stereocenters. The van der Waals surface area contributed by atoms with Gasteiger partial charge in [0.05, 0.1) is 16.5 Å². The normalized spacial score (nSPS) is 24.7. The van der Waals surface area contributed by atoms with Crippen LogP contribution in [0.3, 0.4) is 0 Å². The highest BCUT2D eigenvalue weighted by Gasteiger charge is 2.37. The zero-order chi connectivity index (χ0) is 17.1. The van der Waals surface area contributed by atoms with E-state index in [1.54, 1.807) is 4.57 Å². The van der Waals surface area contributed by atoms with E-state index >= 15 is 0 Å². The van der Waals surface area contributed by atoms with E-state index < -0.39 is 11.7 Å². The Morgan fingerprint density at radius 3 is 2.75 bits per heavy atom. The smallest absolute Gasteiger partial charge is 0.303 e. The fourth-order valence-electron chi connectivity index (χ4n) is 4.12. The van der Waals surface area contributed by atoms with Gasteiger partial charge in [-0.3, -0.25) is 9.36 Å². The molecule has 0 aliphatic carbocycles. The number of likely N-dealkylation sites (N-methyl/N-ethyl adjacent to an activating group) is 1. The maximum Gasteiger partial charge on any atom is 0.416 e. The lowest BCUT2D eigenvalue weighted by molar-refractivity contribution is -0.137. The third-order valence-corrected chi connectivity index (χ3v) is 5.35. The summed E-state index contributed by atoms with van der Waals surface area (Å²) in [4.78, 5) is 19.6. The molecule has 24 heavy (non-hydrogen) atoms. The Hall–Kier alpha value is -1.89. The molecule has 0 saturated carbocycles. The van der Waals surface area contributed by atoms with E-state index in [4.69, 9.17) is 0 Å². The fourth-order valence-corrected chi connectivity index (χ4v) is 4.12. The van der Waals surface area contributed by atoms with Gasteiger partial charge in [0.25, 0.3) is 5.56 Å². The fraction of sp³-hybridized carbons (Fsp3) is 0.529. The first-order valence-electron chi connectivity index (χ1n) is 8.18. The molecule has 1 aromatic heterocycles. The van der Waals surface area contributed by atoms with Crippen molar-refractivity contribution in [2.45, 2.75) is 43.9 Å². The average molecular weight is 337 g/mol. The van der Waals surface area contributed by atoms with E-state index in [2.05, 4.69) is 16.9 Å². The minimum Gasteiger partial charge on any atom is -0.303 e. The van der Waals surface area contributed by atoms with E-state index in [-0.39, 0.29) is 16.9 Å². The molecule has 4 nitrogen and oxygen atoms in total. The second-order valence-electron chi connectivity index (χ2n) is 6.74. The Bertz CT molecular complexity index is 859. The number of benzene rings is 1. The topological polar surface area (TPSA) is 38.1 Å². The molecule has 0 amide bonds. The van der Waals surface area contributed by atoms with Crippen LogP contribution in [0.2, 0.25) is 0 Å². The molecular weight excluding hydrogens is 319 g/mol. The standard InChI is InChI=1S/C17H18F3N3O/c1-22-7-2-3-11-14(22)6-8-23-15(11)21-13-5-4-10(17(18,19)20)9-12(13)16(23)24/h4-5,9,11,14H,2-3,6-8H2,1H3/t11-,14+/m1/s1. The second kappa shape index (κ2) is 5.31. The summed E-state index contributed by atoms with van der Waals surface area (Å²) in [5.41, 5.74) is -0.804. The van der Waals surface area contributed by atoms with Crippen molar-refractivity contribution in [2.24, 2.45) is 0 Å². The Labute approximate surface area is 136 Å². The molecule has 2 atom stereocenters. The molecule has 4 rings (SSSR count). The van der Waals surface area contributed by atoms with Crippen LogP contribution in [-0.2, 0) is 12.7 Å². The summed E-state index contributed by atoms with van der Waals surface area (Å²) in [6.45, 7) is 1.55. The highest BCUT2D eigenvalue weighted by molar-refractivity contribution is 5.78. The molecule has 2 aliphatic rings. The van der Waals surface area contributed by atoms with Crippen molar-refractivity contribution in [3.05, 3.63) is 39.9 Å². The average Bonchev–Trinajstić information content (AvgIpc) is 2.54. The van der Waals surface area contributed by atoms with Crippen molar-refractivity contribution in [3.8, 4) is 0 Å². The Morgan fingerprint density at radius 2 is 2.00 bits per heavy atom. The molecular formula is C17H18F3N3O. The maximum atomic E-state index is 12.9. The number of hydrogen-bond acceptors (Lipinski definition) is 3. The van der Waals surface area contributed by atoms with Crippen LogP contribution in [0.5, 0.6) is 0 Å². The predicted molar refractivity (Wildman–Crippen MR) is 84.0 cm³/mol. The molecule has 2 aromatic rings. The van der Waals surface area contributed by atoms with Gasteiger partial charge in [-0.25, -0.2) is 4.98 Å². The van der Waals surface area contributed by atoms with Gasteiger partial charge in [-0.1, -0.05) is 0 Å². The molecule has 1 saturated heterocycles. The molecule has 1 aromatic carbocycles. The molecule has 0 spiro atoms. The van der Waals surface area contributed by atoms with Crippen LogP contribution in [0.4, 0.5) is 13.2 Å². The number of halogens is 3. The summed E-state index contributed by atoms with van der Waals surface area (Å²) in [5.74, 6) is 0.909. The number of aromatic nitrogens is 2. The zero-order valence-electron chi connectivity index (χ0n) is 13.3. The highest BCUT2D eigenvalue weighted by Crippen LogP contribution is 2.37. The summed E-state index contributed by atoms with van der Waals surface area (Å²) in [6.07, 6.45) is -1.62. The van der Waals surface area contributed by atoms with Crippen LogP contribution >= 0.6 is 0 Å². The Morgan fingerprint density at radius 1 is 1.21 bits per heavy atom. The van der Waals surface area contributed by atoms with Crippen LogP contribution in [-0.4, -0.2) is 34.1 Å². The zero-order valence-corrected chi connectivity index (χ0v) is 13.3. The first kappa shape index (κ1) is 15.6. The summed E-state index contributed by atoms with van der Waals surface area (Å²) >= 11 is 0. The van der Waals surface area contributed by atoms with E-state index in [9.17, 15) is 18.0 Å². The number of nitrogens with zero attached hydrogens (tertiary/aromatic N) is 3. The van der Waals surface area contributed by atoms with Gasteiger partial charge in [-0.05, 0) is 51.1 Å². The van der Waals surface area contributed by atoms with Crippen molar-refractivity contribution in [2.75, 3.05) is 13.6 Å². The van der Waals surface area contributed by atoms with Gasteiger partial charge in [0, 0.05) is 18.5 Å². The molecule has 2 aliphatic heterocycles. The van der Waals surface area contributed by atoms with Gasteiger partial charge in [-0.15, -0.1) is 0 Å². The van der Waals surface area contributed by atoms with Gasteiger partial charge in [-0.2, -0.15) is 13.2 Å². The van der Waals surface area contributed by atoms with Crippen molar-refractivity contribution in [1.29, 1.82) is 0 Å². The number of rotatable bonds is 0. The molecule has 0 bridgehead atoms. The van der Waals surface area contributed by atoms with E-state index in [1.807, 2.05) is 0 Å². The number of likely N-dealkylation sites (tertiary alicyclic amines) is 1. The summed E-state index contributed by atoms with van der Waals surface area (Å²) in [6, 6.07) is 3.60. The minimum absolute atomic E-state index is 0.0520. The van der Waals surface area contributed by atoms with Gasteiger partial charge in [0.2, 0.25) is 0 Å². The first-order chi connectivity index (χ1) is 11.4. The van der Waals surface area contributed by atoms with E-state index in [1.165, 1.54) is 6.07 Å². The quantitative estimate of drug-likeness (QED) is 0.742. The molecule has 7 heteroatoms. The lowest BCUT2D eigenvalue weighted by atomic mass is 9.84. The van der Waals surface area contributed by atoms with Crippen molar-refractivity contribution >= 4 is 10.9 Å². The van der Waals surface area contributed by atoms with Crippen LogP contribution in [0, 0.1) is 0 Å². The van der Waals surface area contributed by atoms with Gasteiger partial charge >= 0.3 is 6.18 Å². The number of fused-ring (bicyclic) bond motifs is 4. The monoisotopic (exact) mass is 337 g/mol. The third kappa shape index (κ3) is 2.33. The summed E-state index contributed by atoms with van der Waals surface area (Å²) in [7, 11) is 2.08. The first-order valence-corrected chi connectivity index (χ1v) is 8.18. The molecule has 128 valence electrons. The SMILES string of the molecule is CN1CCC[C@H]2c3nc4ccc(C(F)(F)F)cc4c(=O)n3CC[C@@H]21. The molecule has 1 fully saturated rings. The molecule has 0 radical (unpaired) electrons. The second-order valence-corrected chi connectivity index (χ2v) is 6.74. The number of piperidine rings is 1. The summed E-state index contributed by atoms with van der Waals surface area (Å²) < 4.78 is 40.3. The van der Waals surface area contributed by atoms with Crippen LogP contribution < -0.4 is 5.56 Å². The van der Waals surface area contributed by atoms with Crippen molar-refractivity contribution in [3.63, 3.8) is 0 Å². The van der Waals surface area contributed by atoms with E-state index in [0.717, 1.165) is 43.8 Å². The van der Waals surface area contributed by atoms with Crippen LogP contribution in [0.15, 0.2) is 23.0 Å². The lowest BCUT2D eigenvalue weighted by Crippen LogP contribution is -2.47. The Kier molecular flexibility index (Phi) is 3.46. The number of alkyl halides is 3. The van der Waals surface area contributed by atoms with Crippen LogP contribution in [0.25, 0.3) is 10.9 Å². The number of hydrogen-bond donors (Lipinski definition) is 0. The van der Waals surface area contributed by atoms with Gasteiger partial charge in [0.15, 0.2) is 0 Å². The molecule has 0 N–H and O–H groups in total. The highest BCUT2D eigenvalue weighted by atomic mass is 19.4. The van der Waals surface area contributed by atoms with Crippen molar-refractivity contribution < 1.29 is 13.2 Å². The maximum absolute atomic E-state index is 12.9. The third-order valence-electron chi connectivity index (χ3n) is 5.35. The van der Waals surface area contributed by atoms with Crippen molar-refractivity contribution in [1.82, 2.24) is 14.5 Å². The van der Waals surface area contributed by atoms with Crippen LogP contribution in [0.1, 0.15) is 36.6 Å². The van der Waals surface area contributed by atoms with E-state index in [0.29, 0.717) is 18.1 Å². The molecule has 3 heterocycles. The minimum atomic E-state index is -4.46. The van der Waals surface area contributed by atoms with Gasteiger partial charge < -0.3 is 4.90 Å². The predicted octanol–water partition coefficient (Wildman–Crippen LogP) is 3.00. The largest absolute Gasteiger partial charge is 0.416 e. The Balaban J connectivity index is 1.89. The van der Waals surface area contributed by atoms with Gasteiger partial charge in [0.1, 0.15) is 5.82 Å².